The van der Waals surface area contributed by atoms with Crippen molar-refractivity contribution in [3.8, 4) is 0 Å². The average molecular weight is 261 g/mol. The van der Waals surface area contributed by atoms with Gasteiger partial charge in [-0.25, -0.2) is 0 Å². The maximum atomic E-state index is 5.52. The molecule has 3 atom stereocenters. The van der Waals surface area contributed by atoms with Crippen LogP contribution in [0.25, 0.3) is 0 Å². The van der Waals surface area contributed by atoms with Crippen molar-refractivity contribution in [1.82, 2.24) is 10.1 Å². The molecule has 19 heavy (non-hydrogen) atoms. The van der Waals surface area contributed by atoms with Crippen LogP contribution in [-0.2, 0) is 0 Å². The SMILES string of the molecule is CC1CC12[C@@H](c1noc(N3CCCCC3)n1)C2(C)C. The fourth-order valence-corrected chi connectivity index (χ4v) is 4.75. The van der Waals surface area contributed by atoms with Crippen LogP contribution in [0.15, 0.2) is 4.52 Å². The molecular formula is C15H23N3O. The number of aromatic nitrogens is 2. The van der Waals surface area contributed by atoms with E-state index in [-0.39, 0.29) is 0 Å². The van der Waals surface area contributed by atoms with Gasteiger partial charge in [0.25, 0.3) is 0 Å². The minimum atomic E-state index is 0.357. The van der Waals surface area contributed by atoms with Gasteiger partial charge in [0.1, 0.15) is 0 Å². The van der Waals surface area contributed by atoms with Crippen molar-refractivity contribution in [3.63, 3.8) is 0 Å². The predicted molar refractivity (Wildman–Crippen MR) is 73.1 cm³/mol. The van der Waals surface area contributed by atoms with E-state index in [9.17, 15) is 0 Å². The summed E-state index contributed by atoms with van der Waals surface area (Å²) in [6.07, 6.45) is 5.15. The fourth-order valence-electron chi connectivity index (χ4n) is 4.75. The molecule has 2 heterocycles. The summed E-state index contributed by atoms with van der Waals surface area (Å²) in [5, 5.41) is 4.29. The second kappa shape index (κ2) is 3.53. The highest BCUT2D eigenvalue weighted by Crippen LogP contribution is 2.88. The van der Waals surface area contributed by atoms with Crippen LogP contribution in [0.1, 0.15) is 58.2 Å². The monoisotopic (exact) mass is 261 g/mol. The van der Waals surface area contributed by atoms with Crippen molar-refractivity contribution in [3.05, 3.63) is 5.82 Å². The van der Waals surface area contributed by atoms with E-state index in [1.807, 2.05) is 0 Å². The highest BCUT2D eigenvalue weighted by molar-refractivity contribution is 5.39. The van der Waals surface area contributed by atoms with E-state index < -0.39 is 0 Å². The maximum Gasteiger partial charge on any atom is 0.324 e. The molecule has 0 N–H and O–H groups in total. The molecule has 1 aliphatic heterocycles. The number of hydrogen-bond acceptors (Lipinski definition) is 4. The number of rotatable bonds is 2. The van der Waals surface area contributed by atoms with Crippen LogP contribution in [0.5, 0.6) is 0 Å². The van der Waals surface area contributed by atoms with Gasteiger partial charge in [-0.15, -0.1) is 0 Å². The topological polar surface area (TPSA) is 42.2 Å². The lowest BCUT2D eigenvalue weighted by Crippen LogP contribution is -2.29. The van der Waals surface area contributed by atoms with Gasteiger partial charge in [0.15, 0.2) is 5.82 Å². The number of hydrogen-bond donors (Lipinski definition) is 0. The van der Waals surface area contributed by atoms with Gasteiger partial charge in [-0.1, -0.05) is 25.9 Å². The standard InChI is InChI=1S/C15H23N3O/c1-10-9-15(10)11(14(15,2)3)12-16-13(19-17-12)18-7-5-4-6-8-18/h10-11H,4-9H2,1-3H3/t10?,11-,15?/m0/s1. The van der Waals surface area contributed by atoms with Crippen LogP contribution in [0.4, 0.5) is 6.01 Å². The lowest BCUT2D eigenvalue weighted by Gasteiger charge is -2.23. The van der Waals surface area contributed by atoms with E-state index in [0.29, 0.717) is 16.7 Å². The number of nitrogens with zero attached hydrogens (tertiary/aromatic N) is 3. The van der Waals surface area contributed by atoms with Crippen LogP contribution < -0.4 is 4.90 Å². The van der Waals surface area contributed by atoms with Gasteiger partial charge in [-0.2, -0.15) is 4.98 Å². The van der Waals surface area contributed by atoms with E-state index in [2.05, 4.69) is 30.8 Å². The van der Waals surface area contributed by atoms with Crippen molar-refractivity contribution in [2.75, 3.05) is 18.0 Å². The molecule has 4 heteroatoms. The molecule has 1 saturated heterocycles. The van der Waals surface area contributed by atoms with Gasteiger partial charge in [-0.3, -0.25) is 0 Å². The zero-order chi connectivity index (χ0) is 13.3. The molecule has 1 spiro atoms. The van der Waals surface area contributed by atoms with Gasteiger partial charge in [0.05, 0.1) is 0 Å². The lowest BCUT2D eigenvalue weighted by molar-refractivity contribution is 0.394. The number of anilines is 1. The molecule has 1 aromatic heterocycles. The maximum absolute atomic E-state index is 5.52. The zero-order valence-corrected chi connectivity index (χ0v) is 12.1. The highest BCUT2D eigenvalue weighted by Gasteiger charge is 2.82. The fraction of sp³-hybridized carbons (Fsp3) is 0.867. The molecule has 2 aliphatic carbocycles. The summed E-state index contributed by atoms with van der Waals surface area (Å²) >= 11 is 0. The Bertz CT molecular complexity index is 503. The Morgan fingerprint density at radius 1 is 1.21 bits per heavy atom. The predicted octanol–water partition coefficient (Wildman–Crippen LogP) is 3.21. The molecule has 4 rings (SSSR count). The van der Waals surface area contributed by atoms with Gasteiger partial charge in [-0.05, 0) is 42.4 Å². The molecule has 4 nitrogen and oxygen atoms in total. The minimum absolute atomic E-state index is 0.357. The first-order valence-corrected chi connectivity index (χ1v) is 7.66. The van der Waals surface area contributed by atoms with Gasteiger partial charge in [0.2, 0.25) is 0 Å². The summed E-state index contributed by atoms with van der Waals surface area (Å²) in [5.74, 6) is 2.29. The Hall–Kier alpha value is -1.06. The van der Waals surface area contributed by atoms with Gasteiger partial charge in [0, 0.05) is 19.0 Å². The van der Waals surface area contributed by atoms with Crippen LogP contribution in [-0.4, -0.2) is 23.2 Å². The van der Waals surface area contributed by atoms with E-state index in [1.54, 1.807) is 0 Å². The quantitative estimate of drug-likeness (QED) is 0.820. The Labute approximate surface area is 114 Å². The normalized spacial score (nSPS) is 39.6. The molecule has 3 fully saturated rings. The number of piperidine rings is 1. The first-order valence-electron chi connectivity index (χ1n) is 7.66. The third-order valence-electron chi connectivity index (χ3n) is 6.03. The van der Waals surface area contributed by atoms with Crippen molar-refractivity contribution in [2.24, 2.45) is 16.7 Å². The van der Waals surface area contributed by atoms with Crippen LogP contribution >= 0.6 is 0 Å². The Morgan fingerprint density at radius 3 is 2.47 bits per heavy atom. The Balaban J connectivity index is 1.56. The second-order valence-corrected chi connectivity index (χ2v) is 7.28. The Morgan fingerprint density at radius 2 is 1.89 bits per heavy atom. The molecule has 2 saturated carbocycles. The van der Waals surface area contributed by atoms with Crippen molar-refractivity contribution >= 4 is 6.01 Å². The summed E-state index contributed by atoms with van der Waals surface area (Å²) in [5.41, 5.74) is 0.839. The molecule has 0 bridgehead atoms. The third kappa shape index (κ3) is 1.40. The smallest absolute Gasteiger partial charge is 0.324 e. The lowest BCUT2D eigenvalue weighted by atomic mass is 10.1. The van der Waals surface area contributed by atoms with Gasteiger partial charge >= 0.3 is 6.01 Å². The largest absolute Gasteiger partial charge is 0.324 e. The molecule has 3 aliphatic rings. The third-order valence-corrected chi connectivity index (χ3v) is 6.03. The van der Waals surface area contributed by atoms with Crippen molar-refractivity contribution in [2.45, 2.75) is 52.4 Å². The summed E-state index contributed by atoms with van der Waals surface area (Å²) in [4.78, 5) is 6.96. The first kappa shape index (κ1) is 11.7. The summed E-state index contributed by atoms with van der Waals surface area (Å²) < 4.78 is 5.52. The molecular weight excluding hydrogens is 238 g/mol. The highest BCUT2D eigenvalue weighted by atomic mass is 16.5. The zero-order valence-electron chi connectivity index (χ0n) is 12.1. The summed E-state index contributed by atoms with van der Waals surface area (Å²) in [6, 6.07) is 0.751. The molecule has 2 unspecified atom stereocenters. The van der Waals surface area contributed by atoms with E-state index >= 15 is 0 Å². The Kier molecular flexibility index (Phi) is 2.18. The molecule has 0 amide bonds. The second-order valence-electron chi connectivity index (χ2n) is 7.28. The molecule has 0 aromatic carbocycles. The van der Waals surface area contributed by atoms with Gasteiger partial charge < -0.3 is 9.42 Å². The van der Waals surface area contributed by atoms with Crippen molar-refractivity contribution in [1.29, 1.82) is 0 Å². The summed E-state index contributed by atoms with van der Waals surface area (Å²) in [7, 11) is 0. The molecule has 104 valence electrons. The summed E-state index contributed by atoms with van der Waals surface area (Å²) in [6.45, 7) is 9.21. The van der Waals surface area contributed by atoms with E-state index in [1.165, 1.54) is 25.7 Å². The van der Waals surface area contributed by atoms with E-state index in [4.69, 9.17) is 9.51 Å². The van der Waals surface area contributed by atoms with E-state index in [0.717, 1.165) is 30.8 Å². The van der Waals surface area contributed by atoms with Crippen molar-refractivity contribution < 1.29 is 4.52 Å². The van der Waals surface area contributed by atoms with Crippen LogP contribution in [0.3, 0.4) is 0 Å². The molecule has 0 radical (unpaired) electrons. The van der Waals surface area contributed by atoms with Crippen LogP contribution in [0.2, 0.25) is 0 Å². The average Bonchev–Trinajstić information content (AvgIpc) is 3.06. The first-order chi connectivity index (χ1) is 9.07. The minimum Gasteiger partial charge on any atom is -0.324 e. The molecule has 1 aromatic rings. The van der Waals surface area contributed by atoms with Crippen LogP contribution in [0, 0.1) is 16.7 Å².